The molecule has 0 aliphatic carbocycles. The molecule has 0 amide bonds. The first-order valence-electron chi connectivity index (χ1n) is 11.2. The zero-order valence-corrected chi connectivity index (χ0v) is 19.5. The van der Waals surface area contributed by atoms with Crippen molar-refractivity contribution in [1.82, 2.24) is 4.31 Å². The molecule has 3 aromatic carbocycles. The summed E-state index contributed by atoms with van der Waals surface area (Å²) in [7, 11) is -2.05. The van der Waals surface area contributed by atoms with Gasteiger partial charge < -0.3 is 15.2 Å². The SMILES string of the molecule is COc1ccc(-c2ccc3c(c2)[C@H]2[C@H](CCN2S(=O)(=O)c2ccccc2C)[C@H](CO)N3)cc1. The Hall–Kier alpha value is -2.87. The maximum absolute atomic E-state index is 13.8. The predicted molar refractivity (Wildman–Crippen MR) is 129 cm³/mol. The second kappa shape index (κ2) is 8.48. The summed E-state index contributed by atoms with van der Waals surface area (Å²) in [6.45, 7) is 2.21. The molecule has 0 spiro atoms. The third kappa shape index (κ3) is 3.70. The van der Waals surface area contributed by atoms with Crippen molar-refractivity contribution in [3.63, 3.8) is 0 Å². The Labute approximate surface area is 194 Å². The highest BCUT2D eigenvalue weighted by Crippen LogP contribution is 2.49. The minimum Gasteiger partial charge on any atom is -0.497 e. The van der Waals surface area contributed by atoms with Crippen LogP contribution in [0.2, 0.25) is 0 Å². The number of benzene rings is 3. The van der Waals surface area contributed by atoms with E-state index >= 15 is 0 Å². The maximum Gasteiger partial charge on any atom is 0.243 e. The summed E-state index contributed by atoms with van der Waals surface area (Å²) in [5, 5.41) is 13.5. The van der Waals surface area contributed by atoms with Gasteiger partial charge in [-0.15, -0.1) is 0 Å². The Morgan fingerprint density at radius 3 is 2.48 bits per heavy atom. The first kappa shape index (κ1) is 21.9. The van der Waals surface area contributed by atoms with Gasteiger partial charge in [0.05, 0.1) is 30.7 Å². The third-order valence-electron chi connectivity index (χ3n) is 6.93. The molecule has 3 atom stereocenters. The molecule has 0 bridgehead atoms. The van der Waals surface area contributed by atoms with Gasteiger partial charge in [-0.05, 0) is 65.9 Å². The number of nitrogens with zero attached hydrogens (tertiary/aromatic N) is 1. The van der Waals surface area contributed by atoms with E-state index in [2.05, 4.69) is 11.4 Å². The number of ether oxygens (including phenoxy) is 1. The minimum absolute atomic E-state index is 0.00703. The number of rotatable bonds is 5. The molecule has 7 heteroatoms. The average molecular weight is 465 g/mol. The maximum atomic E-state index is 13.8. The molecule has 2 aliphatic heterocycles. The monoisotopic (exact) mass is 464 g/mol. The normalized spacial score (nSPS) is 22.3. The smallest absolute Gasteiger partial charge is 0.243 e. The van der Waals surface area contributed by atoms with E-state index in [1.54, 1.807) is 23.5 Å². The van der Waals surface area contributed by atoms with Crippen LogP contribution in [0.1, 0.15) is 23.6 Å². The van der Waals surface area contributed by atoms with Crippen molar-refractivity contribution in [2.45, 2.75) is 30.3 Å². The Morgan fingerprint density at radius 1 is 1.06 bits per heavy atom. The van der Waals surface area contributed by atoms with Crippen molar-refractivity contribution in [1.29, 1.82) is 0 Å². The van der Waals surface area contributed by atoms with Gasteiger partial charge in [0.2, 0.25) is 10.0 Å². The first-order valence-corrected chi connectivity index (χ1v) is 12.6. The molecule has 5 rings (SSSR count). The molecule has 0 radical (unpaired) electrons. The standard InChI is InChI=1S/C26H28N2O4S/c1-17-5-3-4-6-25(17)33(30,31)28-14-13-21-24(16-29)27-23-12-9-19(15-22(23)26(21)28)18-7-10-20(32-2)11-8-18/h3-12,15,21,24,26-27,29H,13-14,16H2,1-2H3/t21-,24+,26-/m1/s1. The van der Waals surface area contributed by atoms with Crippen LogP contribution in [0, 0.1) is 12.8 Å². The highest BCUT2D eigenvalue weighted by Gasteiger charge is 2.48. The van der Waals surface area contributed by atoms with E-state index in [-0.39, 0.29) is 24.6 Å². The lowest BCUT2D eigenvalue weighted by molar-refractivity contribution is 0.210. The van der Waals surface area contributed by atoms with Gasteiger partial charge in [-0.3, -0.25) is 0 Å². The van der Waals surface area contributed by atoms with Gasteiger partial charge in [0, 0.05) is 18.2 Å². The summed E-state index contributed by atoms with van der Waals surface area (Å²) in [5.41, 5.74) is 4.61. The summed E-state index contributed by atoms with van der Waals surface area (Å²) in [6, 6.07) is 20.5. The van der Waals surface area contributed by atoms with Gasteiger partial charge in [0.15, 0.2) is 0 Å². The second-order valence-corrected chi connectivity index (χ2v) is 10.6. The van der Waals surface area contributed by atoms with E-state index in [0.29, 0.717) is 17.9 Å². The Kier molecular flexibility index (Phi) is 5.64. The Bertz CT molecular complexity index is 1270. The number of hydrogen-bond acceptors (Lipinski definition) is 5. The Morgan fingerprint density at radius 2 is 1.79 bits per heavy atom. The number of sulfonamides is 1. The van der Waals surface area contributed by atoms with E-state index < -0.39 is 10.0 Å². The number of anilines is 1. The van der Waals surface area contributed by atoms with E-state index in [0.717, 1.165) is 33.7 Å². The molecule has 33 heavy (non-hydrogen) atoms. The van der Waals surface area contributed by atoms with Gasteiger partial charge in [-0.25, -0.2) is 8.42 Å². The largest absolute Gasteiger partial charge is 0.497 e. The summed E-state index contributed by atoms with van der Waals surface area (Å²) >= 11 is 0. The number of nitrogens with one attached hydrogen (secondary N) is 1. The number of fused-ring (bicyclic) bond motifs is 3. The number of aliphatic hydroxyl groups excluding tert-OH is 1. The average Bonchev–Trinajstić information content (AvgIpc) is 3.30. The van der Waals surface area contributed by atoms with Gasteiger partial charge in [-0.1, -0.05) is 36.4 Å². The van der Waals surface area contributed by atoms with Crippen LogP contribution in [0.5, 0.6) is 5.75 Å². The van der Waals surface area contributed by atoms with Crippen LogP contribution in [-0.2, 0) is 10.0 Å². The van der Waals surface area contributed by atoms with Crippen LogP contribution < -0.4 is 10.1 Å². The zero-order chi connectivity index (χ0) is 23.2. The Balaban J connectivity index is 1.60. The van der Waals surface area contributed by atoms with Crippen LogP contribution in [0.25, 0.3) is 11.1 Å². The number of aliphatic hydroxyl groups is 1. The summed E-state index contributed by atoms with van der Waals surface area (Å²) in [6.07, 6.45) is 0.695. The molecular formula is C26H28N2O4S. The highest BCUT2D eigenvalue weighted by atomic mass is 32.2. The molecule has 172 valence electrons. The van der Waals surface area contributed by atoms with E-state index in [1.807, 2.05) is 55.5 Å². The topological polar surface area (TPSA) is 78.9 Å². The molecule has 2 aliphatic rings. The van der Waals surface area contributed by atoms with Crippen LogP contribution in [-0.4, -0.2) is 44.1 Å². The summed E-state index contributed by atoms with van der Waals surface area (Å²) < 4.78 is 34.5. The lowest BCUT2D eigenvalue weighted by Crippen LogP contribution is -2.42. The molecule has 0 aromatic heterocycles. The molecule has 6 nitrogen and oxygen atoms in total. The molecule has 1 fully saturated rings. The molecular weight excluding hydrogens is 436 g/mol. The second-order valence-electron chi connectivity index (χ2n) is 8.74. The quantitative estimate of drug-likeness (QED) is 0.591. The lowest BCUT2D eigenvalue weighted by atomic mass is 9.82. The van der Waals surface area contributed by atoms with Gasteiger partial charge in [-0.2, -0.15) is 4.31 Å². The lowest BCUT2D eigenvalue weighted by Gasteiger charge is -2.39. The highest BCUT2D eigenvalue weighted by molar-refractivity contribution is 7.89. The van der Waals surface area contributed by atoms with Crippen LogP contribution in [0.4, 0.5) is 5.69 Å². The third-order valence-corrected chi connectivity index (χ3v) is 8.97. The van der Waals surface area contributed by atoms with Gasteiger partial charge >= 0.3 is 0 Å². The van der Waals surface area contributed by atoms with Crippen LogP contribution in [0.15, 0.2) is 71.6 Å². The van der Waals surface area contributed by atoms with E-state index in [9.17, 15) is 13.5 Å². The molecule has 1 saturated heterocycles. The van der Waals surface area contributed by atoms with Crippen molar-refractivity contribution >= 4 is 15.7 Å². The number of aryl methyl sites for hydroxylation is 1. The summed E-state index contributed by atoms with van der Waals surface area (Å²) in [4.78, 5) is 0.345. The van der Waals surface area contributed by atoms with Crippen molar-refractivity contribution in [3.05, 3.63) is 77.9 Å². The number of methoxy groups -OCH3 is 1. The zero-order valence-electron chi connectivity index (χ0n) is 18.7. The molecule has 2 N–H and O–H groups in total. The van der Waals surface area contributed by atoms with Crippen LogP contribution in [0.3, 0.4) is 0 Å². The summed E-state index contributed by atoms with van der Waals surface area (Å²) in [5.74, 6) is 0.780. The van der Waals surface area contributed by atoms with Crippen LogP contribution >= 0.6 is 0 Å². The fraction of sp³-hybridized carbons (Fsp3) is 0.308. The van der Waals surface area contributed by atoms with Crippen molar-refractivity contribution < 1.29 is 18.3 Å². The van der Waals surface area contributed by atoms with Crippen molar-refractivity contribution in [3.8, 4) is 16.9 Å². The molecule has 0 saturated carbocycles. The fourth-order valence-corrected chi connectivity index (χ4v) is 7.12. The molecule has 2 heterocycles. The van der Waals surface area contributed by atoms with Crippen molar-refractivity contribution in [2.24, 2.45) is 5.92 Å². The fourth-order valence-electron chi connectivity index (χ4n) is 5.23. The predicted octanol–water partition coefficient (Wildman–Crippen LogP) is 4.21. The number of hydrogen-bond donors (Lipinski definition) is 2. The minimum atomic E-state index is -3.69. The van der Waals surface area contributed by atoms with Crippen molar-refractivity contribution in [2.75, 3.05) is 25.6 Å². The van der Waals surface area contributed by atoms with E-state index in [1.165, 1.54) is 0 Å². The van der Waals surface area contributed by atoms with Gasteiger partial charge in [0.1, 0.15) is 5.75 Å². The molecule has 3 aromatic rings. The van der Waals surface area contributed by atoms with E-state index in [4.69, 9.17) is 4.74 Å². The van der Waals surface area contributed by atoms with Gasteiger partial charge in [0.25, 0.3) is 0 Å². The first-order chi connectivity index (χ1) is 15.9. The molecule has 0 unspecified atom stereocenters.